The van der Waals surface area contributed by atoms with Gasteiger partial charge in [-0.2, -0.15) is 23.1 Å². The molecule has 2 fully saturated rings. The summed E-state index contributed by atoms with van der Waals surface area (Å²) < 4.78 is 73.3. The lowest BCUT2D eigenvalue weighted by molar-refractivity contribution is -0.148. The van der Waals surface area contributed by atoms with Crippen LogP contribution in [0.5, 0.6) is 0 Å². The fourth-order valence-corrected chi connectivity index (χ4v) is 5.44. The summed E-state index contributed by atoms with van der Waals surface area (Å²) in [6.07, 6.45) is -4.11. The molecule has 1 aliphatic heterocycles. The Bertz CT molecular complexity index is 1250. The van der Waals surface area contributed by atoms with Gasteiger partial charge >= 0.3 is 6.18 Å². The summed E-state index contributed by atoms with van der Waals surface area (Å²) in [4.78, 5) is 16.9. The number of nitrogens with zero attached hydrogens (tertiary/aromatic N) is 6. The summed E-state index contributed by atoms with van der Waals surface area (Å²) in [5, 5.41) is 3.28. The van der Waals surface area contributed by atoms with E-state index in [1.54, 1.807) is 30.3 Å². The van der Waals surface area contributed by atoms with E-state index in [1.807, 2.05) is 4.90 Å². The Balaban J connectivity index is 1.36. The number of imidazole rings is 1. The van der Waals surface area contributed by atoms with E-state index in [1.165, 1.54) is 16.5 Å². The van der Waals surface area contributed by atoms with Crippen LogP contribution in [0.15, 0.2) is 30.3 Å². The van der Waals surface area contributed by atoms with Crippen LogP contribution in [0, 0.1) is 5.92 Å². The van der Waals surface area contributed by atoms with Crippen molar-refractivity contribution in [1.82, 2.24) is 24.4 Å². The van der Waals surface area contributed by atoms with E-state index in [-0.39, 0.29) is 17.8 Å². The van der Waals surface area contributed by atoms with Gasteiger partial charge in [0.2, 0.25) is 5.95 Å². The van der Waals surface area contributed by atoms with E-state index in [0.29, 0.717) is 68.5 Å². The van der Waals surface area contributed by atoms with Crippen LogP contribution in [0.1, 0.15) is 37.9 Å². The number of halogens is 5. The smallest absolute Gasteiger partial charge is 0.378 e. The Morgan fingerprint density at radius 2 is 1.72 bits per heavy atom. The number of nitrogens with one attached hydrogen (secondary N) is 1. The first kappa shape index (κ1) is 27.5. The standard InChI is InChI=1S/C26H32F5N7O/c1-36(16-26(29,30)31)18-8-6-17(7-9-18)15-32-25-34-21(37-10-12-39-13-11-37)14-22(35-25)38-20-5-3-2-4-19(20)33-24(38)23(27)28/h2-5,14,17-18,23H,6-13,15-16H2,1H3,(H,32,34,35). The van der Waals surface area contributed by atoms with Crippen LogP contribution in [-0.4, -0.2) is 83.1 Å². The quantitative estimate of drug-likeness (QED) is 0.392. The van der Waals surface area contributed by atoms with E-state index < -0.39 is 25.0 Å². The van der Waals surface area contributed by atoms with Crippen molar-refractivity contribution in [3.8, 4) is 5.82 Å². The number of benzene rings is 1. The van der Waals surface area contributed by atoms with Gasteiger partial charge < -0.3 is 15.0 Å². The summed E-state index contributed by atoms with van der Waals surface area (Å²) in [7, 11) is 1.52. The van der Waals surface area contributed by atoms with Crippen LogP contribution in [0.25, 0.3) is 16.9 Å². The number of aromatic nitrogens is 4. The molecule has 1 saturated heterocycles. The van der Waals surface area contributed by atoms with Crippen LogP contribution < -0.4 is 10.2 Å². The third-order valence-corrected chi connectivity index (χ3v) is 7.46. The number of fused-ring (bicyclic) bond motifs is 1. The minimum atomic E-state index is -4.21. The summed E-state index contributed by atoms with van der Waals surface area (Å²) >= 11 is 0. The number of ether oxygens (including phenoxy) is 1. The zero-order valence-corrected chi connectivity index (χ0v) is 21.7. The average molecular weight is 554 g/mol. The third-order valence-electron chi connectivity index (χ3n) is 7.46. The first-order valence-corrected chi connectivity index (χ1v) is 13.2. The maximum Gasteiger partial charge on any atom is 0.401 e. The van der Waals surface area contributed by atoms with Crippen LogP contribution in [0.3, 0.4) is 0 Å². The number of morpholine rings is 1. The lowest BCUT2D eigenvalue weighted by Crippen LogP contribution is -2.41. The summed E-state index contributed by atoms with van der Waals surface area (Å²) in [5.74, 6) is 1.04. The lowest BCUT2D eigenvalue weighted by atomic mass is 9.85. The van der Waals surface area contributed by atoms with Gasteiger partial charge in [0.15, 0.2) is 5.82 Å². The fraction of sp³-hybridized carbons (Fsp3) is 0.577. The number of hydrogen-bond donors (Lipinski definition) is 1. The highest BCUT2D eigenvalue weighted by molar-refractivity contribution is 5.78. The molecule has 13 heteroatoms. The highest BCUT2D eigenvalue weighted by Crippen LogP contribution is 2.31. The van der Waals surface area contributed by atoms with Crippen molar-refractivity contribution in [2.75, 3.05) is 56.7 Å². The topological polar surface area (TPSA) is 71.3 Å². The molecule has 0 atom stereocenters. The molecule has 39 heavy (non-hydrogen) atoms. The second-order valence-electron chi connectivity index (χ2n) is 10.2. The van der Waals surface area contributed by atoms with Crippen molar-refractivity contribution in [2.24, 2.45) is 5.92 Å². The first-order valence-electron chi connectivity index (χ1n) is 13.2. The normalized spacial score (nSPS) is 20.8. The van der Waals surface area contributed by atoms with Gasteiger partial charge in [-0.25, -0.2) is 13.8 Å². The number of para-hydroxylation sites is 2. The van der Waals surface area contributed by atoms with Crippen LogP contribution in [-0.2, 0) is 4.74 Å². The lowest BCUT2D eigenvalue weighted by Gasteiger charge is -2.35. The second kappa shape index (κ2) is 11.6. The molecule has 0 amide bonds. The van der Waals surface area contributed by atoms with E-state index in [0.717, 1.165) is 12.8 Å². The molecule has 1 aromatic carbocycles. The van der Waals surface area contributed by atoms with Gasteiger partial charge in [-0.15, -0.1) is 0 Å². The predicted molar refractivity (Wildman–Crippen MR) is 138 cm³/mol. The van der Waals surface area contributed by atoms with Gasteiger partial charge in [-0.1, -0.05) is 12.1 Å². The van der Waals surface area contributed by atoms with Gasteiger partial charge in [-0.3, -0.25) is 9.47 Å². The zero-order valence-electron chi connectivity index (χ0n) is 21.7. The fourth-order valence-electron chi connectivity index (χ4n) is 5.44. The molecule has 8 nitrogen and oxygen atoms in total. The maximum atomic E-state index is 14.0. The van der Waals surface area contributed by atoms with Crippen molar-refractivity contribution < 1.29 is 26.7 Å². The predicted octanol–water partition coefficient (Wildman–Crippen LogP) is 5.05. The minimum Gasteiger partial charge on any atom is -0.378 e. The number of anilines is 2. The van der Waals surface area contributed by atoms with Gasteiger partial charge in [0.1, 0.15) is 11.6 Å². The van der Waals surface area contributed by atoms with Crippen molar-refractivity contribution in [2.45, 2.75) is 44.3 Å². The highest BCUT2D eigenvalue weighted by atomic mass is 19.4. The molecule has 212 valence electrons. The van der Waals surface area contributed by atoms with Crippen LogP contribution >= 0.6 is 0 Å². The Morgan fingerprint density at radius 3 is 2.41 bits per heavy atom. The molecule has 1 N–H and O–H groups in total. The molecular weight excluding hydrogens is 521 g/mol. The highest BCUT2D eigenvalue weighted by Gasteiger charge is 2.33. The Morgan fingerprint density at radius 1 is 1.03 bits per heavy atom. The molecule has 0 radical (unpaired) electrons. The van der Waals surface area contributed by atoms with Crippen molar-refractivity contribution in [3.63, 3.8) is 0 Å². The molecule has 2 aromatic heterocycles. The SMILES string of the molecule is CN(CC(F)(F)F)C1CCC(CNc2nc(N3CCOCC3)cc(-n3c(C(F)F)nc4ccccc43)n2)CC1. The van der Waals surface area contributed by atoms with E-state index in [2.05, 4.69) is 20.3 Å². The minimum absolute atomic E-state index is 0.0994. The monoisotopic (exact) mass is 553 g/mol. The molecule has 0 spiro atoms. The van der Waals surface area contributed by atoms with E-state index in [9.17, 15) is 22.0 Å². The van der Waals surface area contributed by atoms with Gasteiger partial charge in [0.25, 0.3) is 6.43 Å². The molecule has 3 heterocycles. The van der Waals surface area contributed by atoms with Crippen molar-refractivity contribution in [1.29, 1.82) is 0 Å². The van der Waals surface area contributed by atoms with E-state index in [4.69, 9.17) is 4.74 Å². The Hall–Kier alpha value is -3.06. The molecule has 5 rings (SSSR count). The van der Waals surface area contributed by atoms with E-state index >= 15 is 0 Å². The largest absolute Gasteiger partial charge is 0.401 e. The van der Waals surface area contributed by atoms with Gasteiger partial charge in [-0.05, 0) is 50.8 Å². The summed E-state index contributed by atoms with van der Waals surface area (Å²) in [6.45, 7) is 1.91. The number of hydrogen-bond acceptors (Lipinski definition) is 7. The zero-order chi connectivity index (χ0) is 27.6. The number of alkyl halides is 5. The molecule has 2 aliphatic rings. The van der Waals surface area contributed by atoms with Crippen LogP contribution in [0.2, 0.25) is 0 Å². The van der Waals surface area contributed by atoms with Gasteiger partial charge in [0, 0.05) is 31.7 Å². The third kappa shape index (κ3) is 6.57. The molecule has 0 unspecified atom stereocenters. The van der Waals surface area contributed by atoms with Crippen molar-refractivity contribution in [3.05, 3.63) is 36.2 Å². The molecule has 3 aromatic rings. The first-order chi connectivity index (χ1) is 18.7. The second-order valence-corrected chi connectivity index (χ2v) is 10.2. The van der Waals surface area contributed by atoms with Gasteiger partial charge in [0.05, 0.1) is 30.8 Å². The molecule has 0 bridgehead atoms. The number of rotatable bonds is 8. The Labute approximate surface area is 223 Å². The summed E-state index contributed by atoms with van der Waals surface area (Å²) in [5.41, 5.74) is 0.966. The molecule has 1 aliphatic carbocycles. The maximum absolute atomic E-state index is 14.0. The molecular formula is C26H32F5N7O. The summed E-state index contributed by atoms with van der Waals surface area (Å²) in [6, 6.07) is 8.52. The average Bonchev–Trinajstić information content (AvgIpc) is 3.32. The van der Waals surface area contributed by atoms with Crippen LogP contribution in [0.4, 0.5) is 33.7 Å². The Kier molecular flexibility index (Phi) is 8.17. The van der Waals surface area contributed by atoms with Crippen molar-refractivity contribution >= 4 is 22.8 Å². The molecule has 1 saturated carbocycles.